The van der Waals surface area contributed by atoms with Gasteiger partial charge in [-0.3, -0.25) is 4.79 Å². The van der Waals surface area contributed by atoms with E-state index in [0.717, 1.165) is 22.8 Å². The first-order chi connectivity index (χ1) is 9.60. The van der Waals surface area contributed by atoms with E-state index in [1.807, 2.05) is 43.5 Å². The quantitative estimate of drug-likeness (QED) is 0.874. The van der Waals surface area contributed by atoms with E-state index >= 15 is 0 Å². The molecule has 1 aromatic heterocycles. The second kappa shape index (κ2) is 6.77. The molecule has 106 valence electrons. The number of nitrogens with one attached hydrogen (secondary N) is 2. The first-order valence-corrected chi connectivity index (χ1v) is 7.71. The lowest BCUT2D eigenvalue weighted by atomic mass is 10.1. The van der Waals surface area contributed by atoms with Gasteiger partial charge in [-0.2, -0.15) is 0 Å². The molecule has 0 saturated heterocycles. The van der Waals surface area contributed by atoms with Crippen molar-refractivity contribution in [1.82, 2.24) is 5.32 Å². The number of hydrogen-bond acceptors (Lipinski definition) is 3. The molecule has 2 rings (SSSR count). The summed E-state index contributed by atoms with van der Waals surface area (Å²) < 4.78 is 0. The van der Waals surface area contributed by atoms with E-state index in [-0.39, 0.29) is 5.91 Å². The summed E-state index contributed by atoms with van der Waals surface area (Å²) in [6, 6.07) is 7.63. The third-order valence-corrected chi connectivity index (χ3v) is 4.19. The molecule has 0 saturated carbocycles. The Kier molecular flexibility index (Phi) is 5.04. The SMILES string of the molecule is CCNC(=O)c1ccc(NCc2cc(Cl)cs2)c(C)c1. The Morgan fingerprint density at radius 1 is 1.35 bits per heavy atom. The van der Waals surface area contributed by atoms with E-state index < -0.39 is 0 Å². The predicted octanol–water partition coefficient (Wildman–Crippen LogP) is 4.07. The molecule has 0 fully saturated rings. The molecular weight excluding hydrogens is 292 g/mol. The molecule has 5 heteroatoms. The maximum absolute atomic E-state index is 11.7. The number of anilines is 1. The molecule has 1 amide bonds. The van der Waals surface area contributed by atoms with Gasteiger partial charge in [0.1, 0.15) is 0 Å². The second-order valence-corrected chi connectivity index (χ2v) is 5.91. The predicted molar refractivity (Wildman–Crippen MR) is 85.8 cm³/mol. The highest BCUT2D eigenvalue weighted by molar-refractivity contribution is 7.10. The Hall–Kier alpha value is -1.52. The van der Waals surface area contributed by atoms with Gasteiger partial charge in [-0.15, -0.1) is 11.3 Å². The van der Waals surface area contributed by atoms with Crippen LogP contribution in [0.1, 0.15) is 27.7 Å². The van der Waals surface area contributed by atoms with Gasteiger partial charge >= 0.3 is 0 Å². The fraction of sp³-hybridized carbons (Fsp3) is 0.267. The molecule has 0 radical (unpaired) electrons. The van der Waals surface area contributed by atoms with E-state index in [1.165, 1.54) is 4.88 Å². The van der Waals surface area contributed by atoms with Gasteiger partial charge in [-0.05, 0) is 43.7 Å². The number of amides is 1. The van der Waals surface area contributed by atoms with Gasteiger partial charge in [0.2, 0.25) is 0 Å². The molecule has 0 spiro atoms. The molecule has 1 aromatic carbocycles. The van der Waals surface area contributed by atoms with Gasteiger partial charge in [0.05, 0.1) is 5.02 Å². The third-order valence-electron chi connectivity index (χ3n) is 2.90. The van der Waals surface area contributed by atoms with Crippen molar-refractivity contribution in [3.05, 3.63) is 50.7 Å². The summed E-state index contributed by atoms with van der Waals surface area (Å²) in [5.41, 5.74) is 2.77. The maximum atomic E-state index is 11.7. The van der Waals surface area contributed by atoms with Crippen molar-refractivity contribution in [3.8, 4) is 0 Å². The van der Waals surface area contributed by atoms with Crippen molar-refractivity contribution in [2.75, 3.05) is 11.9 Å². The summed E-state index contributed by atoms with van der Waals surface area (Å²) in [5.74, 6) is -0.0350. The Morgan fingerprint density at radius 3 is 2.75 bits per heavy atom. The van der Waals surface area contributed by atoms with E-state index in [1.54, 1.807) is 11.3 Å². The first kappa shape index (κ1) is 14.9. The fourth-order valence-electron chi connectivity index (χ4n) is 1.89. The summed E-state index contributed by atoms with van der Waals surface area (Å²) in [4.78, 5) is 12.9. The number of benzene rings is 1. The summed E-state index contributed by atoms with van der Waals surface area (Å²) in [6.45, 7) is 5.27. The number of hydrogen-bond donors (Lipinski definition) is 2. The van der Waals surface area contributed by atoms with Gasteiger partial charge in [-0.1, -0.05) is 11.6 Å². The highest BCUT2D eigenvalue weighted by atomic mass is 35.5. The number of carbonyl (C=O) groups excluding carboxylic acids is 1. The average molecular weight is 309 g/mol. The van der Waals surface area contributed by atoms with E-state index in [9.17, 15) is 4.79 Å². The van der Waals surface area contributed by atoms with Crippen LogP contribution in [-0.4, -0.2) is 12.5 Å². The Bertz CT molecular complexity index is 610. The standard InChI is InChI=1S/C15H17ClN2OS/c1-3-17-15(19)11-4-5-14(10(2)6-11)18-8-13-7-12(16)9-20-13/h4-7,9,18H,3,8H2,1-2H3,(H,17,19). The van der Waals surface area contributed by atoms with Crippen LogP contribution in [0, 0.1) is 6.92 Å². The molecular formula is C15H17ClN2OS. The van der Waals surface area contributed by atoms with Crippen LogP contribution >= 0.6 is 22.9 Å². The van der Waals surface area contributed by atoms with E-state index in [0.29, 0.717) is 12.1 Å². The molecule has 2 N–H and O–H groups in total. The molecule has 0 aliphatic rings. The van der Waals surface area contributed by atoms with Gasteiger partial charge in [0, 0.05) is 34.6 Å². The summed E-state index contributed by atoms with van der Waals surface area (Å²) in [7, 11) is 0. The lowest BCUT2D eigenvalue weighted by molar-refractivity contribution is 0.0956. The number of halogens is 1. The second-order valence-electron chi connectivity index (χ2n) is 4.47. The Labute approximate surface area is 128 Å². The molecule has 2 aromatic rings. The minimum atomic E-state index is -0.0350. The molecule has 3 nitrogen and oxygen atoms in total. The summed E-state index contributed by atoms with van der Waals surface area (Å²) in [6.07, 6.45) is 0. The lowest BCUT2D eigenvalue weighted by Gasteiger charge is -2.10. The first-order valence-electron chi connectivity index (χ1n) is 6.45. The van der Waals surface area contributed by atoms with Crippen molar-refractivity contribution < 1.29 is 4.79 Å². The minimum Gasteiger partial charge on any atom is -0.380 e. The molecule has 1 heterocycles. The normalized spacial score (nSPS) is 10.3. The summed E-state index contributed by atoms with van der Waals surface area (Å²) >= 11 is 7.53. The van der Waals surface area contributed by atoms with Crippen molar-refractivity contribution in [3.63, 3.8) is 0 Å². The van der Waals surface area contributed by atoms with Crippen LogP contribution in [0.15, 0.2) is 29.6 Å². The van der Waals surface area contributed by atoms with Gasteiger partial charge in [0.15, 0.2) is 0 Å². The highest BCUT2D eigenvalue weighted by Crippen LogP contribution is 2.22. The smallest absolute Gasteiger partial charge is 0.251 e. The average Bonchev–Trinajstić information content (AvgIpc) is 2.83. The van der Waals surface area contributed by atoms with Crippen LogP contribution in [-0.2, 0) is 6.54 Å². The highest BCUT2D eigenvalue weighted by Gasteiger charge is 2.07. The van der Waals surface area contributed by atoms with Crippen LogP contribution in [0.25, 0.3) is 0 Å². The molecule has 0 aliphatic carbocycles. The molecule has 0 unspecified atom stereocenters. The molecule has 0 aliphatic heterocycles. The van der Waals surface area contributed by atoms with Crippen LogP contribution in [0.5, 0.6) is 0 Å². The van der Waals surface area contributed by atoms with Crippen LogP contribution in [0.2, 0.25) is 5.02 Å². The van der Waals surface area contributed by atoms with Crippen molar-refractivity contribution in [2.45, 2.75) is 20.4 Å². The number of rotatable bonds is 5. The lowest BCUT2D eigenvalue weighted by Crippen LogP contribution is -2.22. The zero-order valence-corrected chi connectivity index (χ0v) is 13.1. The van der Waals surface area contributed by atoms with Crippen LogP contribution in [0.3, 0.4) is 0 Å². The number of aryl methyl sites for hydroxylation is 1. The van der Waals surface area contributed by atoms with Gasteiger partial charge in [0.25, 0.3) is 5.91 Å². The molecule has 0 atom stereocenters. The topological polar surface area (TPSA) is 41.1 Å². The molecule has 0 bridgehead atoms. The molecule has 20 heavy (non-hydrogen) atoms. The third kappa shape index (κ3) is 3.74. The van der Waals surface area contributed by atoms with Crippen molar-refractivity contribution >= 4 is 34.5 Å². The number of carbonyl (C=O) groups is 1. The van der Waals surface area contributed by atoms with Crippen molar-refractivity contribution in [2.24, 2.45) is 0 Å². The monoisotopic (exact) mass is 308 g/mol. The van der Waals surface area contributed by atoms with E-state index in [4.69, 9.17) is 11.6 Å². The zero-order chi connectivity index (χ0) is 14.5. The van der Waals surface area contributed by atoms with Gasteiger partial charge in [-0.25, -0.2) is 0 Å². The largest absolute Gasteiger partial charge is 0.380 e. The fourth-order valence-corrected chi connectivity index (χ4v) is 2.91. The minimum absolute atomic E-state index is 0.0350. The Balaban J connectivity index is 2.04. The Morgan fingerprint density at radius 2 is 2.15 bits per heavy atom. The maximum Gasteiger partial charge on any atom is 0.251 e. The number of thiophene rings is 1. The van der Waals surface area contributed by atoms with Crippen LogP contribution < -0.4 is 10.6 Å². The summed E-state index contributed by atoms with van der Waals surface area (Å²) in [5, 5.41) is 8.85. The van der Waals surface area contributed by atoms with Gasteiger partial charge < -0.3 is 10.6 Å². The van der Waals surface area contributed by atoms with Crippen LogP contribution in [0.4, 0.5) is 5.69 Å². The van der Waals surface area contributed by atoms with Crippen molar-refractivity contribution in [1.29, 1.82) is 0 Å². The zero-order valence-electron chi connectivity index (χ0n) is 11.5. The van der Waals surface area contributed by atoms with E-state index in [2.05, 4.69) is 10.6 Å².